The zero-order chi connectivity index (χ0) is 13.3. The summed E-state index contributed by atoms with van der Waals surface area (Å²) >= 11 is 0. The second-order valence-corrected chi connectivity index (χ2v) is 5.84. The average Bonchev–Trinajstić information content (AvgIpc) is 3.11. The first-order chi connectivity index (χ1) is 8.44. The Hall–Kier alpha value is -1.60. The summed E-state index contributed by atoms with van der Waals surface area (Å²) in [6.45, 7) is 0. The third kappa shape index (κ3) is 2.62. The average molecular weight is 270 g/mol. The van der Waals surface area contributed by atoms with E-state index in [0.29, 0.717) is 5.69 Å². The van der Waals surface area contributed by atoms with Gasteiger partial charge in [-0.3, -0.25) is 0 Å². The number of sulfonamides is 1. The summed E-state index contributed by atoms with van der Waals surface area (Å²) in [4.78, 5) is 10.8. The molecule has 2 rings (SSSR count). The Morgan fingerprint density at radius 1 is 1.39 bits per heavy atom. The van der Waals surface area contributed by atoms with Crippen LogP contribution >= 0.6 is 0 Å². The molecule has 0 unspecified atom stereocenters. The van der Waals surface area contributed by atoms with Crippen LogP contribution in [-0.2, 0) is 10.0 Å². The van der Waals surface area contributed by atoms with Crippen LogP contribution in [0.5, 0.6) is 0 Å². The molecule has 0 saturated heterocycles. The molecule has 18 heavy (non-hydrogen) atoms. The van der Waals surface area contributed by atoms with E-state index >= 15 is 0 Å². The molecule has 0 aliphatic heterocycles. The van der Waals surface area contributed by atoms with Crippen molar-refractivity contribution < 1.29 is 18.3 Å². The second-order valence-electron chi connectivity index (χ2n) is 4.16. The molecular formula is C11H14N2O4S. The van der Waals surface area contributed by atoms with Crippen molar-refractivity contribution in [1.82, 2.24) is 4.72 Å². The van der Waals surface area contributed by atoms with Gasteiger partial charge in [0.2, 0.25) is 10.0 Å². The highest BCUT2D eigenvalue weighted by molar-refractivity contribution is 7.89. The monoisotopic (exact) mass is 270 g/mol. The number of rotatable bonds is 5. The van der Waals surface area contributed by atoms with Gasteiger partial charge in [0.05, 0.1) is 11.3 Å². The van der Waals surface area contributed by atoms with E-state index in [2.05, 4.69) is 10.0 Å². The van der Waals surface area contributed by atoms with Gasteiger partial charge in [-0.25, -0.2) is 17.9 Å². The predicted octanol–water partition coefficient (Wildman–Crippen LogP) is 0.867. The summed E-state index contributed by atoms with van der Waals surface area (Å²) in [5, 5.41) is 11.6. The first-order valence-corrected chi connectivity index (χ1v) is 7.00. The van der Waals surface area contributed by atoms with Gasteiger partial charge in [0.15, 0.2) is 0 Å². The molecule has 0 heterocycles. The lowest BCUT2D eigenvalue weighted by atomic mass is 10.2. The molecule has 1 aliphatic carbocycles. The molecule has 1 aromatic rings. The molecule has 98 valence electrons. The number of carbonyl (C=O) groups is 1. The van der Waals surface area contributed by atoms with Crippen LogP contribution in [0.2, 0.25) is 0 Å². The normalized spacial score (nSPS) is 15.4. The van der Waals surface area contributed by atoms with Crippen LogP contribution in [-0.4, -0.2) is 32.6 Å². The topological polar surface area (TPSA) is 95.5 Å². The number of carboxylic acid groups (broad SMARTS) is 1. The number of hydrogen-bond donors (Lipinski definition) is 3. The van der Waals surface area contributed by atoms with Crippen molar-refractivity contribution in [2.45, 2.75) is 23.8 Å². The van der Waals surface area contributed by atoms with E-state index in [-0.39, 0.29) is 16.5 Å². The number of nitrogens with one attached hydrogen (secondary N) is 2. The van der Waals surface area contributed by atoms with Gasteiger partial charge in [-0.2, -0.15) is 0 Å². The van der Waals surface area contributed by atoms with Crippen LogP contribution in [0.3, 0.4) is 0 Å². The Bertz CT molecular complexity index is 579. The zero-order valence-electron chi connectivity index (χ0n) is 9.80. The van der Waals surface area contributed by atoms with Crippen LogP contribution in [0.4, 0.5) is 5.69 Å². The Kier molecular flexibility index (Phi) is 3.27. The number of hydrogen-bond acceptors (Lipinski definition) is 4. The Morgan fingerprint density at radius 3 is 2.56 bits per heavy atom. The summed E-state index contributed by atoms with van der Waals surface area (Å²) in [6, 6.07) is 3.96. The molecule has 7 heteroatoms. The fraction of sp³-hybridized carbons (Fsp3) is 0.364. The Labute approximate surface area is 105 Å². The van der Waals surface area contributed by atoms with Gasteiger partial charge in [-0.1, -0.05) is 0 Å². The van der Waals surface area contributed by atoms with Gasteiger partial charge in [0.25, 0.3) is 0 Å². The Balaban J connectivity index is 2.45. The Morgan fingerprint density at radius 2 is 2.06 bits per heavy atom. The molecule has 0 amide bonds. The van der Waals surface area contributed by atoms with Crippen molar-refractivity contribution in [3.63, 3.8) is 0 Å². The van der Waals surface area contributed by atoms with Crippen LogP contribution in [0.15, 0.2) is 23.1 Å². The van der Waals surface area contributed by atoms with Crippen molar-refractivity contribution in [3.8, 4) is 0 Å². The second kappa shape index (κ2) is 4.58. The van der Waals surface area contributed by atoms with Crippen molar-refractivity contribution in [1.29, 1.82) is 0 Å². The van der Waals surface area contributed by atoms with Crippen LogP contribution in [0, 0.1) is 0 Å². The van der Waals surface area contributed by atoms with Gasteiger partial charge < -0.3 is 10.4 Å². The standard InChI is InChI=1S/C11H14N2O4S/c1-12-9-5-2-7(11(14)15)6-10(9)18(16,17)13-8-3-4-8/h2,5-6,8,12-13H,3-4H2,1H3,(H,14,15). The van der Waals surface area contributed by atoms with Crippen LogP contribution in [0.25, 0.3) is 0 Å². The number of aromatic carboxylic acids is 1. The molecule has 0 radical (unpaired) electrons. The smallest absolute Gasteiger partial charge is 0.335 e. The lowest BCUT2D eigenvalue weighted by molar-refractivity contribution is 0.0696. The van der Waals surface area contributed by atoms with Crippen LogP contribution < -0.4 is 10.0 Å². The molecule has 6 nitrogen and oxygen atoms in total. The third-order valence-corrected chi connectivity index (χ3v) is 4.25. The van der Waals surface area contributed by atoms with Gasteiger partial charge in [-0.05, 0) is 31.0 Å². The lowest BCUT2D eigenvalue weighted by Gasteiger charge is -2.11. The van der Waals surface area contributed by atoms with Gasteiger partial charge in [-0.15, -0.1) is 0 Å². The molecule has 0 aromatic heterocycles. The van der Waals surface area contributed by atoms with Crippen molar-refractivity contribution in [2.75, 3.05) is 12.4 Å². The minimum Gasteiger partial charge on any atom is -0.478 e. The van der Waals surface area contributed by atoms with E-state index in [0.717, 1.165) is 12.8 Å². The molecule has 0 spiro atoms. The molecule has 0 bridgehead atoms. The van der Waals surface area contributed by atoms with Gasteiger partial charge in [0.1, 0.15) is 4.90 Å². The summed E-state index contributed by atoms with van der Waals surface area (Å²) in [7, 11) is -2.08. The fourth-order valence-electron chi connectivity index (χ4n) is 1.57. The molecule has 3 N–H and O–H groups in total. The first kappa shape index (κ1) is 12.8. The van der Waals surface area contributed by atoms with Crippen molar-refractivity contribution in [2.24, 2.45) is 0 Å². The number of carboxylic acids is 1. The maximum absolute atomic E-state index is 12.1. The molecule has 1 saturated carbocycles. The largest absolute Gasteiger partial charge is 0.478 e. The summed E-state index contributed by atoms with van der Waals surface area (Å²) in [5.41, 5.74) is 0.332. The van der Waals surface area contributed by atoms with Gasteiger partial charge >= 0.3 is 5.97 Å². The molecule has 0 atom stereocenters. The molecule has 1 fully saturated rings. The van der Waals surface area contributed by atoms with Crippen LogP contribution in [0.1, 0.15) is 23.2 Å². The fourth-order valence-corrected chi connectivity index (χ4v) is 3.11. The maximum Gasteiger partial charge on any atom is 0.335 e. The van der Waals surface area contributed by atoms with E-state index in [4.69, 9.17) is 5.11 Å². The summed E-state index contributed by atoms with van der Waals surface area (Å²) in [5.74, 6) is -1.15. The van der Waals surface area contributed by atoms with E-state index < -0.39 is 16.0 Å². The lowest BCUT2D eigenvalue weighted by Crippen LogP contribution is -2.26. The highest BCUT2D eigenvalue weighted by Gasteiger charge is 2.29. The number of benzene rings is 1. The quantitative estimate of drug-likeness (QED) is 0.737. The van der Waals surface area contributed by atoms with Crippen molar-refractivity contribution in [3.05, 3.63) is 23.8 Å². The minimum absolute atomic E-state index is 0.0202. The zero-order valence-corrected chi connectivity index (χ0v) is 10.6. The minimum atomic E-state index is -3.67. The van der Waals surface area contributed by atoms with E-state index in [1.165, 1.54) is 18.2 Å². The summed E-state index contributed by atoms with van der Waals surface area (Å²) in [6.07, 6.45) is 1.65. The first-order valence-electron chi connectivity index (χ1n) is 5.51. The maximum atomic E-state index is 12.1. The predicted molar refractivity (Wildman–Crippen MR) is 66.3 cm³/mol. The SMILES string of the molecule is CNc1ccc(C(=O)O)cc1S(=O)(=O)NC1CC1. The van der Waals surface area contributed by atoms with E-state index in [1.54, 1.807) is 7.05 Å². The molecule has 1 aromatic carbocycles. The highest BCUT2D eigenvalue weighted by atomic mass is 32.2. The third-order valence-electron chi connectivity index (χ3n) is 2.69. The van der Waals surface area contributed by atoms with E-state index in [9.17, 15) is 13.2 Å². The summed E-state index contributed by atoms with van der Waals surface area (Å²) < 4.78 is 26.7. The molecular weight excluding hydrogens is 256 g/mol. The number of anilines is 1. The highest BCUT2D eigenvalue weighted by Crippen LogP contribution is 2.26. The molecule has 1 aliphatic rings. The van der Waals surface area contributed by atoms with Gasteiger partial charge in [0, 0.05) is 13.1 Å². The van der Waals surface area contributed by atoms with Crippen molar-refractivity contribution >= 4 is 21.7 Å². The van der Waals surface area contributed by atoms with E-state index in [1.807, 2.05) is 0 Å².